The fourth-order valence-corrected chi connectivity index (χ4v) is 8.31. The molecule has 1 aliphatic carbocycles. The van der Waals surface area contributed by atoms with Crippen LogP contribution in [0.15, 0.2) is 30.5 Å². The Kier molecular flexibility index (Phi) is 9.33. The second-order valence-corrected chi connectivity index (χ2v) is 14.1. The Balaban J connectivity index is 1.39. The molecule has 3 fully saturated rings. The molecule has 3 aliphatic rings. The predicted molar refractivity (Wildman–Crippen MR) is 183 cm³/mol. The van der Waals surface area contributed by atoms with Crippen LogP contribution in [0.4, 0.5) is 14.6 Å². The standard InChI is InChI=1S/C37H45F2N5O5/c1-5-25-28(38)10-9-23-16-24(49-22-46-4)17-26(30(23)25)32-31(39)33-27(18-40-32)34(44-14-15-47-20-36(2,45)19-44)42-35(41-33)48-21-37-11-6-8-29(37)43(3)13-7-12-37/h9-10,16-18,29,45H,5-8,11-15,19-22H2,1-4H3/t29-,36?,37-/m1/s1. The largest absolute Gasteiger partial charge is 0.468 e. The number of hydrogen-bond acceptors (Lipinski definition) is 10. The highest BCUT2D eigenvalue weighted by atomic mass is 19.1. The van der Waals surface area contributed by atoms with Crippen molar-refractivity contribution in [2.24, 2.45) is 5.41 Å². The molecular formula is C37H45F2N5O5. The second kappa shape index (κ2) is 13.5. The third kappa shape index (κ3) is 6.40. The van der Waals surface area contributed by atoms with Gasteiger partial charge in [0.1, 0.15) is 34.2 Å². The van der Waals surface area contributed by atoms with Gasteiger partial charge in [-0.1, -0.05) is 19.4 Å². The maximum Gasteiger partial charge on any atom is 0.319 e. The molecule has 10 nitrogen and oxygen atoms in total. The molecule has 7 rings (SSSR count). The first-order valence-electron chi connectivity index (χ1n) is 17.2. The number of fused-ring (bicyclic) bond motifs is 3. The van der Waals surface area contributed by atoms with Crippen molar-refractivity contribution in [1.29, 1.82) is 0 Å². The third-order valence-corrected chi connectivity index (χ3v) is 10.6. The van der Waals surface area contributed by atoms with Crippen LogP contribution in [0.5, 0.6) is 11.8 Å². The van der Waals surface area contributed by atoms with Gasteiger partial charge in [-0.05, 0) is 87.2 Å². The summed E-state index contributed by atoms with van der Waals surface area (Å²) in [6.07, 6.45) is 7.41. The molecular weight excluding hydrogens is 632 g/mol. The van der Waals surface area contributed by atoms with E-state index in [1.807, 2.05) is 11.8 Å². The number of hydrogen-bond donors (Lipinski definition) is 1. The van der Waals surface area contributed by atoms with Gasteiger partial charge in [-0.3, -0.25) is 4.98 Å². The number of nitrogens with zero attached hydrogens (tertiary/aromatic N) is 5. The number of methoxy groups -OCH3 is 1. The summed E-state index contributed by atoms with van der Waals surface area (Å²) in [6, 6.07) is 7.01. The SMILES string of the molecule is CCc1c(F)ccc2cc(OCOC)cc(-c3ncc4c(N5CCOCC(C)(O)C5)nc(OC[C@]56CCC[C@H]5N(C)CCC6)nc4c3F)c12. The predicted octanol–water partition coefficient (Wildman–Crippen LogP) is 5.90. The van der Waals surface area contributed by atoms with Crippen LogP contribution in [0.1, 0.15) is 51.5 Å². The van der Waals surface area contributed by atoms with E-state index in [0.717, 1.165) is 38.6 Å². The van der Waals surface area contributed by atoms with Gasteiger partial charge in [0.2, 0.25) is 0 Å². The smallest absolute Gasteiger partial charge is 0.319 e. The van der Waals surface area contributed by atoms with E-state index in [0.29, 0.717) is 71.1 Å². The molecule has 262 valence electrons. The second-order valence-electron chi connectivity index (χ2n) is 14.1. The Labute approximate surface area is 285 Å². The van der Waals surface area contributed by atoms with Gasteiger partial charge < -0.3 is 33.9 Å². The van der Waals surface area contributed by atoms with Gasteiger partial charge in [0.05, 0.1) is 31.8 Å². The van der Waals surface area contributed by atoms with Crippen LogP contribution in [0, 0.1) is 17.0 Å². The molecule has 12 heteroatoms. The molecule has 2 aliphatic heterocycles. The van der Waals surface area contributed by atoms with Gasteiger partial charge >= 0.3 is 6.01 Å². The molecule has 2 saturated heterocycles. The van der Waals surface area contributed by atoms with Crippen LogP contribution >= 0.6 is 0 Å². The average molecular weight is 678 g/mol. The lowest BCUT2D eigenvalue weighted by molar-refractivity contribution is -0.0123. The summed E-state index contributed by atoms with van der Waals surface area (Å²) in [5, 5.41) is 12.7. The molecule has 0 bridgehead atoms. The first-order valence-corrected chi connectivity index (χ1v) is 17.2. The summed E-state index contributed by atoms with van der Waals surface area (Å²) in [7, 11) is 3.70. The first kappa shape index (κ1) is 33.8. The van der Waals surface area contributed by atoms with Crippen molar-refractivity contribution in [2.45, 2.75) is 64.0 Å². The van der Waals surface area contributed by atoms with Gasteiger partial charge in [-0.15, -0.1) is 0 Å². The van der Waals surface area contributed by atoms with Crippen molar-refractivity contribution in [3.8, 4) is 23.0 Å². The van der Waals surface area contributed by atoms with Gasteiger partial charge in [0, 0.05) is 36.9 Å². The number of anilines is 1. The minimum absolute atomic E-state index is 0.00539. The van der Waals surface area contributed by atoms with Crippen molar-refractivity contribution >= 4 is 27.5 Å². The Morgan fingerprint density at radius 2 is 1.94 bits per heavy atom. The monoisotopic (exact) mass is 677 g/mol. The zero-order chi connectivity index (χ0) is 34.3. The quantitative estimate of drug-likeness (QED) is 0.216. The Hall–Kier alpha value is -3.71. The lowest BCUT2D eigenvalue weighted by Gasteiger charge is -2.44. The highest BCUT2D eigenvalue weighted by Gasteiger charge is 2.47. The third-order valence-electron chi connectivity index (χ3n) is 10.6. The minimum Gasteiger partial charge on any atom is -0.468 e. The molecule has 1 N–H and O–H groups in total. The van der Waals surface area contributed by atoms with Gasteiger partial charge in [-0.2, -0.15) is 9.97 Å². The Bertz CT molecular complexity index is 1860. The number of halogens is 2. The van der Waals surface area contributed by atoms with Gasteiger partial charge in [-0.25, -0.2) is 8.78 Å². The minimum atomic E-state index is -1.16. The lowest BCUT2D eigenvalue weighted by atomic mass is 9.76. The Morgan fingerprint density at radius 1 is 1.10 bits per heavy atom. The zero-order valence-corrected chi connectivity index (χ0v) is 28.7. The fraction of sp³-hybridized carbons (Fsp3) is 0.541. The van der Waals surface area contributed by atoms with Crippen molar-refractivity contribution in [3.05, 3.63) is 47.7 Å². The first-order chi connectivity index (χ1) is 23.6. The van der Waals surface area contributed by atoms with E-state index in [1.165, 1.54) is 13.2 Å². The van der Waals surface area contributed by atoms with E-state index in [1.54, 1.807) is 31.3 Å². The number of pyridine rings is 1. The van der Waals surface area contributed by atoms with Gasteiger partial charge in [0.25, 0.3) is 0 Å². The maximum atomic E-state index is 17.2. The molecule has 49 heavy (non-hydrogen) atoms. The van der Waals surface area contributed by atoms with Gasteiger partial charge in [0.15, 0.2) is 12.6 Å². The number of β-amino-alcohol motifs (C(OH)–C–C–N with tert-alkyl or cyclic N) is 1. The van der Waals surface area contributed by atoms with Crippen LogP contribution in [-0.4, -0.2) is 97.0 Å². The number of aromatic nitrogens is 3. The average Bonchev–Trinajstić information content (AvgIpc) is 3.44. The number of aryl methyl sites for hydroxylation is 1. The summed E-state index contributed by atoms with van der Waals surface area (Å²) in [6.45, 7) is 6.19. The molecule has 1 saturated carbocycles. The van der Waals surface area contributed by atoms with Crippen LogP contribution in [0.2, 0.25) is 0 Å². The highest BCUT2D eigenvalue weighted by molar-refractivity contribution is 6.01. The van der Waals surface area contributed by atoms with Crippen LogP contribution in [0.25, 0.3) is 32.9 Å². The van der Waals surface area contributed by atoms with Crippen molar-refractivity contribution in [3.63, 3.8) is 0 Å². The topological polar surface area (TPSA) is 102 Å². The molecule has 4 heterocycles. The molecule has 4 aromatic rings. The summed E-state index contributed by atoms with van der Waals surface area (Å²) >= 11 is 0. The summed E-state index contributed by atoms with van der Waals surface area (Å²) in [5.74, 6) is -0.222. The molecule has 1 unspecified atom stereocenters. The van der Waals surface area contributed by atoms with Crippen molar-refractivity contribution in [1.82, 2.24) is 19.9 Å². The molecule has 0 amide bonds. The molecule has 0 spiro atoms. The number of aliphatic hydroxyl groups is 1. The fourth-order valence-electron chi connectivity index (χ4n) is 8.31. The van der Waals surface area contributed by atoms with E-state index in [2.05, 4.69) is 16.9 Å². The van der Waals surface area contributed by atoms with E-state index in [-0.39, 0.29) is 48.4 Å². The van der Waals surface area contributed by atoms with Crippen LogP contribution < -0.4 is 14.4 Å². The zero-order valence-electron chi connectivity index (χ0n) is 28.7. The molecule has 2 aromatic carbocycles. The van der Waals surface area contributed by atoms with E-state index < -0.39 is 11.4 Å². The summed E-state index contributed by atoms with van der Waals surface area (Å²) in [4.78, 5) is 18.5. The summed E-state index contributed by atoms with van der Waals surface area (Å²) < 4.78 is 55.4. The number of piperidine rings is 1. The van der Waals surface area contributed by atoms with Crippen LogP contribution in [0.3, 0.4) is 0 Å². The van der Waals surface area contributed by atoms with E-state index in [4.69, 9.17) is 28.9 Å². The molecule has 0 radical (unpaired) electrons. The number of ether oxygens (including phenoxy) is 4. The van der Waals surface area contributed by atoms with E-state index >= 15 is 8.78 Å². The van der Waals surface area contributed by atoms with Crippen molar-refractivity contribution < 1.29 is 32.8 Å². The maximum absolute atomic E-state index is 17.2. The number of likely N-dealkylation sites (tertiary alicyclic amines) is 1. The molecule has 3 atom stereocenters. The van der Waals surface area contributed by atoms with E-state index in [9.17, 15) is 5.11 Å². The Morgan fingerprint density at radius 3 is 2.76 bits per heavy atom. The molecule has 2 aromatic heterocycles. The summed E-state index contributed by atoms with van der Waals surface area (Å²) in [5.41, 5.74) is -0.311. The highest BCUT2D eigenvalue weighted by Crippen LogP contribution is 2.47. The van der Waals surface area contributed by atoms with Crippen molar-refractivity contribution in [2.75, 3.05) is 65.3 Å². The van der Waals surface area contributed by atoms with Crippen LogP contribution in [-0.2, 0) is 15.9 Å². The lowest BCUT2D eigenvalue weighted by Crippen LogP contribution is -2.50. The number of rotatable bonds is 9. The normalized spacial score (nSPS) is 24.7. The number of benzene rings is 2.